The number of fused-ring (bicyclic) bond motifs is 1. The molecule has 1 aromatic heterocycles. The molecule has 0 amide bonds. The molecule has 6 nitrogen and oxygen atoms in total. The van der Waals surface area contributed by atoms with Crippen LogP contribution in [0.2, 0.25) is 5.02 Å². The second-order valence-electron chi connectivity index (χ2n) is 8.34. The van der Waals surface area contributed by atoms with Crippen molar-refractivity contribution in [2.45, 2.75) is 31.8 Å². The van der Waals surface area contributed by atoms with Crippen molar-refractivity contribution >= 4 is 40.0 Å². The highest BCUT2D eigenvalue weighted by Crippen LogP contribution is 2.36. The summed E-state index contributed by atoms with van der Waals surface area (Å²) in [4.78, 5) is 13.7. The van der Waals surface area contributed by atoms with E-state index in [0.29, 0.717) is 29.4 Å². The molecular formula is C26H24ClN3O3. The smallest absolute Gasteiger partial charge is 0.320 e. The van der Waals surface area contributed by atoms with Gasteiger partial charge >= 0.3 is 5.97 Å². The Hall–Kier alpha value is -3.35. The first-order valence-corrected chi connectivity index (χ1v) is 11.4. The van der Waals surface area contributed by atoms with E-state index in [1.54, 1.807) is 0 Å². The normalized spacial score (nSPS) is 16.7. The van der Waals surface area contributed by atoms with Crippen LogP contribution in [0.15, 0.2) is 71.3 Å². The second kappa shape index (κ2) is 9.25. The highest BCUT2D eigenvalue weighted by molar-refractivity contribution is 6.36. The number of rotatable bonds is 6. The highest BCUT2D eigenvalue weighted by atomic mass is 35.5. The molecule has 1 unspecified atom stereocenters. The number of halogens is 1. The van der Waals surface area contributed by atoms with Gasteiger partial charge in [-0.25, -0.2) is 0 Å². The monoisotopic (exact) mass is 461 g/mol. The van der Waals surface area contributed by atoms with E-state index in [9.17, 15) is 9.90 Å². The Morgan fingerprint density at radius 2 is 1.97 bits per heavy atom. The number of benzene rings is 3. The molecule has 0 spiro atoms. The van der Waals surface area contributed by atoms with Gasteiger partial charge in [0.25, 0.3) is 0 Å². The van der Waals surface area contributed by atoms with Crippen LogP contribution >= 0.6 is 11.6 Å². The molecule has 2 N–H and O–H groups in total. The molecule has 33 heavy (non-hydrogen) atoms. The summed E-state index contributed by atoms with van der Waals surface area (Å²) in [6.07, 6.45) is 2.66. The zero-order valence-corrected chi connectivity index (χ0v) is 18.8. The lowest BCUT2D eigenvalue weighted by Crippen LogP contribution is -2.43. The van der Waals surface area contributed by atoms with Gasteiger partial charge in [0.05, 0.1) is 16.1 Å². The molecule has 1 aliphatic heterocycles. The van der Waals surface area contributed by atoms with E-state index in [1.165, 1.54) is 0 Å². The first kappa shape index (κ1) is 21.5. The summed E-state index contributed by atoms with van der Waals surface area (Å²) in [5.74, 6) is -0.177. The Bertz CT molecular complexity index is 1290. The van der Waals surface area contributed by atoms with Crippen molar-refractivity contribution in [2.24, 2.45) is 0 Å². The lowest BCUT2D eigenvalue weighted by atomic mass is 10.0. The van der Waals surface area contributed by atoms with Gasteiger partial charge in [-0.1, -0.05) is 71.7 Å². The fourth-order valence-corrected chi connectivity index (χ4v) is 4.75. The van der Waals surface area contributed by atoms with Crippen molar-refractivity contribution in [3.8, 4) is 11.1 Å². The zero-order chi connectivity index (χ0) is 22.8. The number of aromatic nitrogens is 1. The van der Waals surface area contributed by atoms with Gasteiger partial charge in [-0.15, -0.1) is 0 Å². The van der Waals surface area contributed by atoms with Gasteiger partial charge in [-0.3, -0.25) is 9.69 Å². The van der Waals surface area contributed by atoms with E-state index < -0.39 is 12.0 Å². The Kier molecular flexibility index (Phi) is 6.03. The minimum absolute atomic E-state index is 0.436. The van der Waals surface area contributed by atoms with E-state index in [4.69, 9.17) is 16.1 Å². The summed E-state index contributed by atoms with van der Waals surface area (Å²) >= 11 is 6.73. The molecular weight excluding hydrogens is 438 g/mol. The van der Waals surface area contributed by atoms with Crippen molar-refractivity contribution in [1.82, 2.24) is 10.1 Å². The average Bonchev–Trinajstić information content (AvgIpc) is 3.23. The first-order chi connectivity index (χ1) is 16.1. The minimum atomic E-state index is -0.754. The number of carbonyl (C=O) groups is 1. The molecule has 1 saturated heterocycles. The summed E-state index contributed by atoms with van der Waals surface area (Å²) in [6.45, 7) is 1.35. The number of hydrogen-bond acceptors (Lipinski definition) is 5. The number of nitrogens with zero attached hydrogens (tertiary/aromatic N) is 2. The maximum Gasteiger partial charge on any atom is 0.320 e. The first-order valence-electron chi connectivity index (χ1n) is 11.1. The average molecular weight is 462 g/mol. The third-order valence-corrected chi connectivity index (χ3v) is 6.56. The molecule has 4 aromatic rings. The van der Waals surface area contributed by atoms with E-state index in [2.05, 4.69) is 10.5 Å². The van der Waals surface area contributed by atoms with Crippen LogP contribution in [-0.4, -0.2) is 33.7 Å². The zero-order valence-electron chi connectivity index (χ0n) is 18.0. The topological polar surface area (TPSA) is 78.6 Å². The molecule has 0 saturated carbocycles. The standard InChI is InChI=1S/C26H24ClN3O3/c27-24-19(18-7-2-1-3-8-18)9-6-10-21(24)28-25-20-15-17(12-13-23(20)33-29-25)16-30-14-5-4-11-22(30)26(31)32/h1-3,6-10,12-13,15,22H,4-5,11,14,16H2,(H,28,29)(H,31,32). The van der Waals surface area contributed by atoms with Crippen LogP contribution < -0.4 is 5.32 Å². The van der Waals surface area contributed by atoms with E-state index in [1.807, 2.05) is 71.6 Å². The quantitative estimate of drug-likeness (QED) is 0.349. The van der Waals surface area contributed by atoms with E-state index >= 15 is 0 Å². The van der Waals surface area contributed by atoms with Gasteiger partial charge in [0.2, 0.25) is 0 Å². The third kappa shape index (κ3) is 4.45. The number of carboxylic acids is 1. The molecule has 1 fully saturated rings. The lowest BCUT2D eigenvalue weighted by molar-refractivity contribution is -0.144. The molecule has 7 heteroatoms. The summed E-state index contributed by atoms with van der Waals surface area (Å²) in [5, 5.41) is 18.5. The van der Waals surface area contributed by atoms with Crippen LogP contribution in [0.25, 0.3) is 22.1 Å². The summed E-state index contributed by atoms with van der Waals surface area (Å²) in [6, 6.07) is 21.2. The minimum Gasteiger partial charge on any atom is -0.480 e. The molecule has 0 radical (unpaired) electrons. The van der Waals surface area contributed by atoms with Crippen LogP contribution in [0, 0.1) is 0 Å². The number of nitrogens with one attached hydrogen (secondary N) is 1. The Morgan fingerprint density at radius 3 is 2.79 bits per heavy atom. The molecule has 0 aliphatic carbocycles. The summed E-state index contributed by atoms with van der Waals surface area (Å²) < 4.78 is 5.52. The highest BCUT2D eigenvalue weighted by Gasteiger charge is 2.28. The van der Waals surface area contributed by atoms with Gasteiger partial charge in [-0.05, 0) is 48.7 Å². The van der Waals surface area contributed by atoms with Crippen LogP contribution in [0.3, 0.4) is 0 Å². The molecule has 1 atom stereocenters. The van der Waals surface area contributed by atoms with Crippen molar-refractivity contribution in [3.05, 3.63) is 77.3 Å². The Morgan fingerprint density at radius 1 is 1.12 bits per heavy atom. The van der Waals surface area contributed by atoms with Crippen molar-refractivity contribution in [2.75, 3.05) is 11.9 Å². The number of piperidine rings is 1. The number of carboxylic acid groups (broad SMARTS) is 1. The van der Waals surface area contributed by atoms with Crippen molar-refractivity contribution in [1.29, 1.82) is 0 Å². The number of aliphatic carboxylic acids is 1. The predicted molar refractivity (Wildman–Crippen MR) is 130 cm³/mol. The fraction of sp³-hybridized carbons (Fsp3) is 0.231. The number of anilines is 2. The fourth-order valence-electron chi connectivity index (χ4n) is 4.47. The molecule has 2 heterocycles. The molecule has 5 rings (SSSR count). The van der Waals surface area contributed by atoms with Gasteiger partial charge in [-0.2, -0.15) is 0 Å². The molecule has 3 aromatic carbocycles. The van der Waals surface area contributed by atoms with Gasteiger partial charge in [0.1, 0.15) is 6.04 Å². The van der Waals surface area contributed by atoms with Crippen LogP contribution in [-0.2, 0) is 11.3 Å². The second-order valence-corrected chi connectivity index (χ2v) is 8.72. The molecule has 0 bridgehead atoms. The predicted octanol–water partition coefficient (Wildman–Crippen LogP) is 6.33. The summed E-state index contributed by atoms with van der Waals surface area (Å²) in [5.41, 5.74) is 4.38. The maximum atomic E-state index is 11.7. The molecule has 168 valence electrons. The van der Waals surface area contributed by atoms with Gasteiger partial charge < -0.3 is 14.9 Å². The van der Waals surface area contributed by atoms with Crippen LogP contribution in [0.1, 0.15) is 24.8 Å². The van der Waals surface area contributed by atoms with Gasteiger partial charge in [0.15, 0.2) is 11.4 Å². The van der Waals surface area contributed by atoms with E-state index in [-0.39, 0.29) is 0 Å². The number of hydrogen-bond donors (Lipinski definition) is 2. The lowest BCUT2D eigenvalue weighted by Gasteiger charge is -2.32. The molecule has 1 aliphatic rings. The van der Waals surface area contributed by atoms with Crippen LogP contribution in [0.5, 0.6) is 0 Å². The Balaban J connectivity index is 1.43. The third-order valence-electron chi connectivity index (χ3n) is 6.16. The Labute approximate surface area is 196 Å². The largest absolute Gasteiger partial charge is 0.480 e. The van der Waals surface area contributed by atoms with Gasteiger partial charge in [0, 0.05) is 12.1 Å². The van der Waals surface area contributed by atoms with E-state index in [0.717, 1.165) is 47.2 Å². The van der Waals surface area contributed by atoms with Crippen molar-refractivity contribution < 1.29 is 14.4 Å². The maximum absolute atomic E-state index is 11.7. The number of likely N-dealkylation sites (tertiary alicyclic amines) is 1. The van der Waals surface area contributed by atoms with Crippen LogP contribution in [0.4, 0.5) is 11.5 Å². The summed E-state index contributed by atoms with van der Waals surface area (Å²) in [7, 11) is 0. The SMILES string of the molecule is O=C(O)C1CCCCN1Cc1ccc2onc(Nc3cccc(-c4ccccc4)c3Cl)c2c1. The van der Waals surface area contributed by atoms with Crippen molar-refractivity contribution in [3.63, 3.8) is 0 Å².